The third-order valence-corrected chi connectivity index (χ3v) is 1.32. The van der Waals surface area contributed by atoms with Gasteiger partial charge < -0.3 is 0 Å². The molecule has 0 radical (unpaired) electrons. The lowest BCUT2D eigenvalue weighted by Gasteiger charge is -2.01. The van der Waals surface area contributed by atoms with Gasteiger partial charge in [0.05, 0.1) is 26.5 Å². The van der Waals surface area contributed by atoms with E-state index in [0.29, 0.717) is 0 Å². The molecule has 1 heterocycles. The molecule has 13 heavy (non-hydrogen) atoms. The smallest absolute Gasteiger partial charge is 0.231 e. The van der Waals surface area contributed by atoms with E-state index in [-0.39, 0.29) is 54.0 Å². The molecule has 0 saturated heterocycles. The van der Waals surface area contributed by atoms with Crippen LogP contribution in [0.15, 0.2) is 30.6 Å². The highest BCUT2D eigenvalue weighted by atomic mass is 127. The molecule has 1 aromatic rings. The van der Waals surface area contributed by atoms with Crippen molar-refractivity contribution in [2.75, 3.05) is 14.1 Å². The number of nitrogens with zero attached hydrogens (tertiary/aromatic N) is 2. The van der Waals surface area contributed by atoms with Crippen LogP contribution in [0.25, 0.3) is 0 Å². The Hall–Kier alpha value is 0.0800. The van der Waals surface area contributed by atoms with Gasteiger partial charge >= 0.3 is 6.03 Å². The van der Waals surface area contributed by atoms with Gasteiger partial charge in [-0.15, -0.1) is 48.0 Å². The highest BCUT2D eigenvalue weighted by molar-refractivity contribution is 14.0. The Balaban J connectivity index is 0. The number of pyridine rings is 1. The highest BCUT2D eigenvalue weighted by Gasteiger charge is 2.13. The second-order valence-corrected chi connectivity index (χ2v) is 2.46. The van der Waals surface area contributed by atoms with Crippen LogP contribution < -0.4 is 4.57 Å². The quantitative estimate of drug-likeness (QED) is 0.475. The molecule has 0 aromatic carbocycles. The lowest BCUT2D eigenvalue weighted by Crippen LogP contribution is -2.48. The van der Waals surface area contributed by atoms with Crippen LogP contribution in [-0.4, -0.2) is 25.0 Å². The van der Waals surface area contributed by atoms with E-state index in [1.54, 1.807) is 26.5 Å². The minimum Gasteiger partial charge on any atom is -0.231 e. The number of hydrogen-bond acceptors (Lipinski definition) is 1. The third kappa shape index (κ3) is 4.75. The van der Waals surface area contributed by atoms with E-state index in [0.717, 1.165) is 0 Å². The molecule has 0 aliphatic rings. The van der Waals surface area contributed by atoms with Crippen molar-refractivity contribution in [3.05, 3.63) is 30.6 Å². The van der Waals surface area contributed by atoms with Crippen LogP contribution in [0.4, 0.5) is 4.79 Å². The number of halogens is 2. The van der Waals surface area contributed by atoms with E-state index in [1.165, 1.54) is 9.47 Å². The summed E-state index contributed by atoms with van der Waals surface area (Å²) < 4.78 is 1.53. The first kappa shape index (κ1) is 15.5. The standard InChI is InChI=1S/C8H11N2O.2HI/c1-9(2)8(11)10-6-4-3-5-7-10;;/h3-7H,1-2H3;2*1H/q+1;;. The molecule has 74 valence electrons. The summed E-state index contributed by atoms with van der Waals surface area (Å²) >= 11 is 0. The molecule has 1 rings (SSSR count). The largest absolute Gasteiger partial charge is 0.497 e. The summed E-state index contributed by atoms with van der Waals surface area (Å²) in [6.07, 6.45) is 3.45. The van der Waals surface area contributed by atoms with Gasteiger partial charge in [0, 0.05) is 0 Å². The van der Waals surface area contributed by atoms with Gasteiger partial charge in [-0.3, -0.25) is 0 Å². The van der Waals surface area contributed by atoms with E-state index in [9.17, 15) is 4.79 Å². The van der Waals surface area contributed by atoms with Crippen molar-refractivity contribution in [2.45, 2.75) is 0 Å². The average Bonchev–Trinajstić information content (AvgIpc) is 2.05. The summed E-state index contributed by atoms with van der Waals surface area (Å²) in [5.41, 5.74) is 0. The van der Waals surface area contributed by atoms with Crippen molar-refractivity contribution >= 4 is 54.0 Å². The predicted molar refractivity (Wildman–Crippen MR) is 71.9 cm³/mol. The zero-order valence-electron chi connectivity index (χ0n) is 7.51. The fraction of sp³-hybridized carbons (Fsp3) is 0.250. The second kappa shape index (κ2) is 7.48. The Morgan fingerprint density at radius 1 is 1.08 bits per heavy atom. The maximum Gasteiger partial charge on any atom is 0.497 e. The van der Waals surface area contributed by atoms with Gasteiger partial charge in [0.2, 0.25) is 0 Å². The lowest BCUT2D eigenvalue weighted by molar-refractivity contribution is -0.577. The molecule has 0 atom stereocenters. The van der Waals surface area contributed by atoms with E-state index in [1.807, 2.05) is 18.2 Å². The molecule has 5 heteroatoms. The SMILES string of the molecule is CN(C)C(=O)[n+]1ccccc1.I.I. The number of carbonyl (C=O) groups excluding carboxylic acids is 1. The maximum atomic E-state index is 11.2. The monoisotopic (exact) mass is 407 g/mol. The van der Waals surface area contributed by atoms with Crippen molar-refractivity contribution < 1.29 is 9.36 Å². The Labute approximate surface area is 112 Å². The predicted octanol–water partition coefficient (Wildman–Crippen LogP) is 1.74. The Morgan fingerprint density at radius 2 is 1.54 bits per heavy atom. The van der Waals surface area contributed by atoms with Gasteiger partial charge in [0.1, 0.15) is 0 Å². The molecule has 0 aliphatic heterocycles. The highest BCUT2D eigenvalue weighted by Crippen LogP contribution is 1.80. The van der Waals surface area contributed by atoms with E-state index in [2.05, 4.69) is 0 Å². The zero-order chi connectivity index (χ0) is 8.27. The summed E-state index contributed by atoms with van der Waals surface area (Å²) in [5, 5.41) is 0. The second-order valence-electron chi connectivity index (χ2n) is 2.46. The summed E-state index contributed by atoms with van der Waals surface area (Å²) in [4.78, 5) is 12.8. The molecule has 0 aliphatic carbocycles. The minimum atomic E-state index is -0.0365. The van der Waals surface area contributed by atoms with Crippen LogP contribution in [-0.2, 0) is 0 Å². The number of amides is 1. The third-order valence-electron chi connectivity index (χ3n) is 1.32. The van der Waals surface area contributed by atoms with Crippen molar-refractivity contribution in [1.82, 2.24) is 4.90 Å². The minimum absolute atomic E-state index is 0. The Bertz CT molecular complexity index is 252. The Kier molecular flexibility index (Phi) is 8.95. The average molecular weight is 407 g/mol. The van der Waals surface area contributed by atoms with Crippen LogP contribution >= 0.6 is 48.0 Å². The summed E-state index contributed by atoms with van der Waals surface area (Å²) in [7, 11) is 3.45. The van der Waals surface area contributed by atoms with Crippen LogP contribution in [0.2, 0.25) is 0 Å². The fourth-order valence-electron chi connectivity index (χ4n) is 0.757. The Morgan fingerprint density at radius 3 is 1.92 bits per heavy atom. The number of carbonyl (C=O) groups is 1. The van der Waals surface area contributed by atoms with Crippen LogP contribution in [0.1, 0.15) is 0 Å². The molecular formula is C8H13I2N2O+. The fourth-order valence-corrected chi connectivity index (χ4v) is 0.757. The molecular weight excluding hydrogens is 394 g/mol. The number of aromatic nitrogens is 1. The van der Waals surface area contributed by atoms with Gasteiger partial charge in [-0.1, -0.05) is 6.07 Å². The first-order valence-corrected chi connectivity index (χ1v) is 3.40. The van der Waals surface area contributed by atoms with Crippen molar-refractivity contribution in [2.24, 2.45) is 0 Å². The van der Waals surface area contributed by atoms with Gasteiger partial charge in [0.25, 0.3) is 0 Å². The van der Waals surface area contributed by atoms with Crippen molar-refractivity contribution in [1.29, 1.82) is 0 Å². The summed E-state index contributed by atoms with van der Waals surface area (Å²) in [6.45, 7) is 0. The molecule has 1 amide bonds. The molecule has 0 saturated carbocycles. The van der Waals surface area contributed by atoms with Gasteiger partial charge in [-0.2, -0.15) is 9.36 Å². The summed E-state index contributed by atoms with van der Waals surface area (Å²) in [6, 6.07) is 5.48. The van der Waals surface area contributed by atoms with Crippen LogP contribution in [0.5, 0.6) is 0 Å². The lowest BCUT2D eigenvalue weighted by atomic mass is 10.5. The number of rotatable bonds is 0. The zero-order valence-corrected chi connectivity index (χ0v) is 12.2. The molecule has 1 aromatic heterocycles. The molecule has 0 bridgehead atoms. The normalized spacial score (nSPS) is 7.85. The molecule has 0 unspecified atom stereocenters. The number of hydrogen-bond donors (Lipinski definition) is 0. The first-order chi connectivity index (χ1) is 5.22. The van der Waals surface area contributed by atoms with E-state index in [4.69, 9.17) is 0 Å². The molecule has 0 fully saturated rings. The van der Waals surface area contributed by atoms with Gasteiger partial charge in [-0.05, 0) is 12.1 Å². The molecule has 0 N–H and O–H groups in total. The van der Waals surface area contributed by atoms with E-state index >= 15 is 0 Å². The van der Waals surface area contributed by atoms with Crippen LogP contribution in [0, 0.1) is 0 Å². The van der Waals surface area contributed by atoms with Crippen molar-refractivity contribution in [3.63, 3.8) is 0 Å². The van der Waals surface area contributed by atoms with E-state index < -0.39 is 0 Å². The first-order valence-electron chi connectivity index (χ1n) is 3.40. The summed E-state index contributed by atoms with van der Waals surface area (Å²) in [5.74, 6) is 0. The van der Waals surface area contributed by atoms with Gasteiger partial charge in [0.15, 0.2) is 0 Å². The topological polar surface area (TPSA) is 24.2 Å². The maximum absolute atomic E-state index is 11.2. The van der Waals surface area contributed by atoms with Crippen LogP contribution in [0.3, 0.4) is 0 Å². The molecule has 0 spiro atoms. The van der Waals surface area contributed by atoms with Crippen molar-refractivity contribution in [3.8, 4) is 0 Å². The molecule has 3 nitrogen and oxygen atoms in total. The van der Waals surface area contributed by atoms with Gasteiger partial charge in [-0.25, -0.2) is 4.90 Å².